The van der Waals surface area contributed by atoms with Crippen LogP contribution in [0.2, 0.25) is 0 Å². The van der Waals surface area contributed by atoms with E-state index in [4.69, 9.17) is 5.26 Å². The molecule has 27 heavy (non-hydrogen) atoms. The van der Waals surface area contributed by atoms with Crippen molar-refractivity contribution in [3.63, 3.8) is 0 Å². The van der Waals surface area contributed by atoms with Gasteiger partial charge in [0.05, 0.1) is 45.6 Å². The van der Waals surface area contributed by atoms with E-state index in [0.29, 0.717) is 0 Å². The topological polar surface area (TPSA) is 141 Å². The molecule has 1 aromatic carbocycles. The lowest BCUT2D eigenvalue weighted by Crippen LogP contribution is -2.54. The molecular weight excluding hydrogens is 414 g/mol. The fourth-order valence-electron chi connectivity index (χ4n) is 3.25. The van der Waals surface area contributed by atoms with Crippen LogP contribution < -0.4 is 5.43 Å². The third-order valence-electron chi connectivity index (χ3n) is 4.60. The van der Waals surface area contributed by atoms with Crippen molar-refractivity contribution in [1.29, 1.82) is 5.26 Å². The number of hydrogen-bond donors (Lipinski definition) is 1. The quantitative estimate of drug-likeness (QED) is 0.608. The van der Waals surface area contributed by atoms with Crippen LogP contribution in [0.5, 0.6) is 0 Å². The van der Waals surface area contributed by atoms with Crippen molar-refractivity contribution in [3.05, 3.63) is 29.8 Å². The Kier molecular flexibility index (Phi) is 5.35. The molecule has 0 spiro atoms. The molecule has 0 unspecified atom stereocenters. The largest absolute Gasteiger partial charge is 0.256 e. The Labute approximate surface area is 158 Å². The lowest BCUT2D eigenvalue weighted by molar-refractivity contribution is 0.229. The van der Waals surface area contributed by atoms with Gasteiger partial charge in [-0.05, 0) is 31.0 Å². The number of nitrogens with zero attached hydrogens (tertiary/aromatic N) is 2. The van der Waals surface area contributed by atoms with Gasteiger partial charge in [-0.15, -0.1) is 4.41 Å². The van der Waals surface area contributed by atoms with Gasteiger partial charge in [0, 0.05) is 6.04 Å². The van der Waals surface area contributed by atoms with Crippen LogP contribution in [0.1, 0.15) is 18.4 Å². The van der Waals surface area contributed by atoms with E-state index in [9.17, 15) is 25.3 Å². The first kappa shape index (κ1) is 20.2. The first-order valence-electron chi connectivity index (χ1n) is 8.24. The van der Waals surface area contributed by atoms with Gasteiger partial charge in [0.25, 0.3) is 10.0 Å². The molecule has 2 fully saturated rings. The fraction of sp³-hybridized carbons (Fsp3) is 0.533. The zero-order valence-corrected chi connectivity index (χ0v) is 16.7. The lowest BCUT2D eigenvalue weighted by Gasteiger charge is -2.30. The Morgan fingerprint density at radius 2 is 1.74 bits per heavy atom. The first-order chi connectivity index (χ1) is 12.5. The zero-order chi connectivity index (χ0) is 19.9. The minimum absolute atomic E-state index is 0.0502. The number of hydrogen-bond acceptors (Lipinski definition) is 8. The smallest absolute Gasteiger partial charge is 0.237 e. The number of sulfone groups is 2. The van der Waals surface area contributed by atoms with Crippen molar-refractivity contribution in [1.82, 2.24) is 9.84 Å². The molecule has 0 saturated carbocycles. The predicted molar refractivity (Wildman–Crippen MR) is 97.4 cm³/mol. The van der Waals surface area contributed by atoms with Gasteiger partial charge in [-0.25, -0.2) is 30.7 Å². The number of sulfonamides is 1. The molecule has 0 aliphatic carbocycles. The highest BCUT2D eigenvalue weighted by molar-refractivity contribution is 7.92. The summed E-state index contributed by atoms with van der Waals surface area (Å²) in [7, 11) is -10.8. The van der Waals surface area contributed by atoms with Crippen LogP contribution in [-0.4, -0.2) is 64.8 Å². The molecule has 1 N–H and O–H groups in total. The number of nitriles is 1. The summed E-state index contributed by atoms with van der Waals surface area (Å²) in [5.41, 5.74) is 2.90. The normalized spacial score (nSPS) is 26.8. The van der Waals surface area contributed by atoms with Gasteiger partial charge in [-0.3, -0.25) is 0 Å². The average molecular weight is 434 g/mol. The minimum atomic E-state index is -4.18. The first-order valence-corrected chi connectivity index (χ1v) is 13.3. The van der Waals surface area contributed by atoms with E-state index in [1.54, 1.807) is 0 Å². The highest BCUT2D eigenvalue weighted by Gasteiger charge is 2.41. The molecule has 0 aromatic heterocycles. The van der Waals surface area contributed by atoms with E-state index < -0.39 is 41.8 Å². The maximum atomic E-state index is 13.2. The van der Waals surface area contributed by atoms with Crippen LogP contribution in [0.25, 0.3) is 0 Å². The van der Waals surface area contributed by atoms with Crippen molar-refractivity contribution in [3.8, 4) is 6.07 Å². The second kappa shape index (κ2) is 7.14. The van der Waals surface area contributed by atoms with Gasteiger partial charge in [-0.1, -0.05) is 6.07 Å². The van der Waals surface area contributed by atoms with Crippen molar-refractivity contribution < 1.29 is 25.3 Å². The summed E-state index contributed by atoms with van der Waals surface area (Å²) in [6.45, 7) is 0. The summed E-state index contributed by atoms with van der Waals surface area (Å²) in [6.07, 6.45) is 0.359. The highest BCUT2D eigenvalue weighted by atomic mass is 32.2. The van der Waals surface area contributed by atoms with E-state index >= 15 is 0 Å². The summed E-state index contributed by atoms with van der Waals surface area (Å²) in [4.78, 5) is -0.154. The Morgan fingerprint density at radius 3 is 2.30 bits per heavy atom. The SMILES string of the molecule is N#Cc1cccc(S(=O)(=O)N(N[C@H]2CCS(=O)(=O)C2)[C@H]2CCS(=O)(=O)C2)c1. The van der Waals surface area contributed by atoms with E-state index in [-0.39, 0.29) is 46.3 Å². The van der Waals surface area contributed by atoms with E-state index in [2.05, 4.69) is 5.43 Å². The van der Waals surface area contributed by atoms with Crippen LogP contribution in [0.3, 0.4) is 0 Å². The van der Waals surface area contributed by atoms with Crippen LogP contribution >= 0.6 is 0 Å². The minimum Gasteiger partial charge on any atom is -0.237 e. The van der Waals surface area contributed by atoms with Gasteiger partial charge < -0.3 is 0 Å². The molecular formula is C15H19N3O6S3. The molecule has 2 aliphatic heterocycles. The molecule has 3 rings (SSSR count). The van der Waals surface area contributed by atoms with Crippen molar-refractivity contribution in [2.24, 2.45) is 0 Å². The molecule has 2 atom stereocenters. The monoisotopic (exact) mass is 433 g/mol. The van der Waals surface area contributed by atoms with Gasteiger partial charge >= 0.3 is 0 Å². The summed E-state index contributed by atoms with van der Waals surface area (Å²) in [5.74, 6) is -0.731. The zero-order valence-electron chi connectivity index (χ0n) is 14.3. The van der Waals surface area contributed by atoms with Crippen molar-refractivity contribution >= 4 is 29.7 Å². The second-order valence-corrected chi connectivity index (χ2v) is 13.0. The molecule has 12 heteroatoms. The summed E-state index contributed by atoms with van der Waals surface area (Å²) < 4.78 is 74.3. The summed E-state index contributed by atoms with van der Waals surface area (Å²) >= 11 is 0. The number of benzene rings is 1. The Balaban J connectivity index is 1.97. The van der Waals surface area contributed by atoms with E-state index in [0.717, 1.165) is 4.41 Å². The van der Waals surface area contributed by atoms with Crippen molar-refractivity contribution in [2.45, 2.75) is 29.8 Å². The lowest BCUT2D eigenvalue weighted by atomic mass is 10.2. The molecule has 1 aromatic rings. The number of nitrogens with one attached hydrogen (secondary N) is 1. The predicted octanol–water partition coefficient (Wildman–Crippen LogP) is -0.572. The Morgan fingerprint density at radius 1 is 1.07 bits per heavy atom. The molecule has 2 aliphatic rings. The standard InChI is InChI=1S/C15H19N3O6S3/c16-9-12-2-1-3-15(8-12)27(23,24)18(14-5-7-26(21,22)11-14)17-13-4-6-25(19,20)10-13/h1-3,8,13-14,17H,4-7,10-11H2/t13-,14-/m0/s1. The van der Waals surface area contributed by atoms with Crippen LogP contribution in [0.4, 0.5) is 0 Å². The molecule has 148 valence electrons. The van der Waals surface area contributed by atoms with E-state index in [1.165, 1.54) is 24.3 Å². The van der Waals surface area contributed by atoms with Crippen LogP contribution in [0, 0.1) is 11.3 Å². The van der Waals surface area contributed by atoms with Gasteiger partial charge in [0.2, 0.25) is 0 Å². The maximum absolute atomic E-state index is 13.2. The molecule has 2 saturated heterocycles. The molecule has 2 heterocycles. The van der Waals surface area contributed by atoms with Gasteiger partial charge in [-0.2, -0.15) is 5.26 Å². The van der Waals surface area contributed by atoms with Gasteiger partial charge in [0.15, 0.2) is 19.7 Å². The van der Waals surface area contributed by atoms with Crippen LogP contribution in [-0.2, 0) is 29.7 Å². The van der Waals surface area contributed by atoms with E-state index in [1.807, 2.05) is 6.07 Å². The maximum Gasteiger partial charge on any atom is 0.256 e. The summed E-state index contributed by atoms with van der Waals surface area (Å²) in [6, 6.07) is 5.82. The second-order valence-electron chi connectivity index (χ2n) is 6.73. The highest BCUT2D eigenvalue weighted by Crippen LogP contribution is 2.25. The van der Waals surface area contributed by atoms with Crippen molar-refractivity contribution in [2.75, 3.05) is 23.0 Å². The average Bonchev–Trinajstić information content (AvgIpc) is 3.13. The Hall–Kier alpha value is -1.52. The third-order valence-corrected chi connectivity index (χ3v) is 9.89. The summed E-state index contributed by atoms with van der Waals surface area (Å²) in [5, 5.41) is 9.01. The van der Waals surface area contributed by atoms with Crippen LogP contribution in [0.15, 0.2) is 29.2 Å². The molecule has 0 bridgehead atoms. The molecule has 0 amide bonds. The fourth-order valence-corrected chi connectivity index (χ4v) is 8.32. The molecule has 0 radical (unpaired) electrons. The van der Waals surface area contributed by atoms with Gasteiger partial charge in [0.1, 0.15) is 0 Å². The molecule has 9 nitrogen and oxygen atoms in total. The third kappa shape index (κ3) is 4.49. The number of rotatable bonds is 5. The Bertz CT molecular complexity index is 1090. The number of hydrazine groups is 1.